The van der Waals surface area contributed by atoms with Gasteiger partial charge in [0.1, 0.15) is 0 Å². The van der Waals surface area contributed by atoms with Crippen molar-refractivity contribution >= 4 is 58.6 Å². The summed E-state index contributed by atoms with van der Waals surface area (Å²) >= 11 is 2.89. The number of thioether (sulfide) groups is 2. The topological polar surface area (TPSA) is 120 Å². The van der Waals surface area contributed by atoms with Gasteiger partial charge in [-0.2, -0.15) is 0 Å². The van der Waals surface area contributed by atoms with Crippen molar-refractivity contribution in [1.29, 1.82) is 0 Å². The molecule has 0 spiro atoms. The molecule has 2 aromatic rings. The highest BCUT2D eigenvalue weighted by molar-refractivity contribution is 8.25. The lowest BCUT2D eigenvalue weighted by molar-refractivity contribution is -0.385. The summed E-state index contributed by atoms with van der Waals surface area (Å²) in [6, 6.07) is 11.4. The van der Waals surface area contributed by atoms with Crippen molar-refractivity contribution in [2.45, 2.75) is 0 Å². The summed E-state index contributed by atoms with van der Waals surface area (Å²) in [5.41, 5.74) is 1.14. The van der Waals surface area contributed by atoms with Crippen LogP contribution in [0.4, 0.5) is 11.4 Å². The predicted molar refractivity (Wildman–Crippen MR) is 126 cm³/mol. The van der Waals surface area contributed by atoms with Gasteiger partial charge in [-0.05, 0) is 47.5 Å². The van der Waals surface area contributed by atoms with E-state index in [2.05, 4.69) is 0 Å². The lowest BCUT2D eigenvalue weighted by Crippen LogP contribution is -2.10. The van der Waals surface area contributed by atoms with Gasteiger partial charge in [-0.3, -0.25) is 29.8 Å². The molecule has 1 fully saturated rings. The number of non-ortho nitro benzene ring substituents is 2. The van der Waals surface area contributed by atoms with Crippen molar-refractivity contribution in [1.82, 2.24) is 0 Å². The van der Waals surface area contributed by atoms with E-state index in [9.17, 15) is 29.8 Å². The Hall–Kier alpha value is -3.50. The molecular formula is C22H16N2O6S2. The average Bonchev–Trinajstić information content (AvgIpc) is 3.31. The number of ketones is 2. The minimum Gasteiger partial charge on any atom is -0.289 e. The van der Waals surface area contributed by atoms with Crippen molar-refractivity contribution in [2.75, 3.05) is 11.5 Å². The molecule has 0 unspecified atom stereocenters. The third-order valence-electron chi connectivity index (χ3n) is 4.31. The molecule has 162 valence electrons. The van der Waals surface area contributed by atoms with Crippen LogP contribution in [0.25, 0.3) is 12.2 Å². The number of rotatable bonds is 8. The van der Waals surface area contributed by atoms with Crippen LogP contribution in [0.15, 0.2) is 70.5 Å². The van der Waals surface area contributed by atoms with Gasteiger partial charge in [-0.15, -0.1) is 23.5 Å². The maximum Gasteiger partial charge on any atom is 0.269 e. The van der Waals surface area contributed by atoms with Crippen molar-refractivity contribution in [3.05, 3.63) is 102 Å². The summed E-state index contributed by atoms with van der Waals surface area (Å²) in [6.07, 6.45) is 5.57. The second kappa shape index (κ2) is 10.7. The van der Waals surface area contributed by atoms with Crippen LogP contribution in [0.2, 0.25) is 0 Å². The van der Waals surface area contributed by atoms with E-state index in [1.807, 2.05) is 0 Å². The molecule has 1 aliphatic heterocycles. The van der Waals surface area contributed by atoms with E-state index in [1.54, 1.807) is 0 Å². The van der Waals surface area contributed by atoms with Gasteiger partial charge >= 0.3 is 0 Å². The molecule has 0 N–H and O–H groups in total. The number of benzene rings is 2. The molecule has 8 nitrogen and oxygen atoms in total. The first kappa shape index (κ1) is 23.2. The lowest BCUT2D eigenvalue weighted by Gasteiger charge is -2.04. The van der Waals surface area contributed by atoms with E-state index in [0.717, 1.165) is 11.5 Å². The van der Waals surface area contributed by atoms with Crippen LogP contribution >= 0.6 is 23.5 Å². The van der Waals surface area contributed by atoms with Crippen LogP contribution in [0.3, 0.4) is 0 Å². The number of nitro groups is 2. The fourth-order valence-corrected chi connectivity index (χ4v) is 5.26. The van der Waals surface area contributed by atoms with E-state index < -0.39 is 21.4 Å². The molecule has 0 atom stereocenters. The Balaban J connectivity index is 1.79. The number of nitro benzene ring substituents is 2. The number of carbonyl (C=O) groups excluding carboxylic acids is 2. The maximum absolute atomic E-state index is 12.8. The van der Waals surface area contributed by atoms with Crippen LogP contribution in [0.5, 0.6) is 0 Å². The Labute approximate surface area is 191 Å². The maximum atomic E-state index is 12.8. The van der Waals surface area contributed by atoms with Crippen LogP contribution < -0.4 is 0 Å². The zero-order valence-corrected chi connectivity index (χ0v) is 18.1. The molecule has 0 radical (unpaired) electrons. The second-order valence-electron chi connectivity index (χ2n) is 6.45. The minimum absolute atomic E-state index is 0.0541. The highest BCUT2D eigenvalue weighted by Gasteiger charge is 2.23. The number of nitrogens with zero attached hydrogens (tertiary/aromatic N) is 2. The van der Waals surface area contributed by atoms with Crippen molar-refractivity contribution in [3.8, 4) is 0 Å². The van der Waals surface area contributed by atoms with Gasteiger partial charge in [-0.25, -0.2) is 0 Å². The summed E-state index contributed by atoms with van der Waals surface area (Å²) < 4.78 is 0.654. The summed E-state index contributed by atoms with van der Waals surface area (Å²) in [5.74, 6) is 0.668. The molecule has 1 aliphatic rings. The molecule has 32 heavy (non-hydrogen) atoms. The highest BCUT2D eigenvalue weighted by Crippen LogP contribution is 2.39. The Morgan fingerprint density at radius 1 is 0.719 bits per heavy atom. The number of allylic oxidation sites excluding steroid dienone is 3. The molecule has 1 heterocycles. The first-order chi connectivity index (χ1) is 15.3. The van der Waals surface area contributed by atoms with Gasteiger partial charge in [0.2, 0.25) is 0 Å². The van der Waals surface area contributed by atoms with Gasteiger partial charge < -0.3 is 0 Å². The summed E-state index contributed by atoms with van der Waals surface area (Å²) in [4.78, 5) is 46.2. The third-order valence-corrected chi connectivity index (χ3v) is 7.02. The van der Waals surface area contributed by atoms with Crippen LogP contribution in [0, 0.1) is 20.2 Å². The average molecular weight is 469 g/mol. The minimum atomic E-state index is -0.508. The third kappa shape index (κ3) is 6.02. The summed E-state index contributed by atoms with van der Waals surface area (Å²) in [5, 5.41) is 21.5. The van der Waals surface area contributed by atoms with E-state index in [4.69, 9.17) is 0 Å². The largest absolute Gasteiger partial charge is 0.289 e. The number of hydrogen-bond donors (Lipinski definition) is 0. The molecule has 2 aromatic carbocycles. The fraction of sp³-hybridized carbons (Fsp3) is 0.0909. The first-order valence-electron chi connectivity index (χ1n) is 9.29. The molecule has 10 heteroatoms. The number of hydrogen-bond acceptors (Lipinski definition) is 8. The van der Waals surface area contributed by atoms with Crippen LogP contribution in [-0.4, -0.2) is 32.9 Å². The second-order valence-corrected chi connectivity index (χ2v) is 8.92. The van der Waals surface area contributed by atoms with Crippen LogP contribution in [-0.2, 0) is 9.59 Å². The zero-order chi connectivity index (χ0) is 23.1. The van der Waals surface area contributed by atoms with Crippen molar-refractivity contribution in [3.63, 3.8) is 0 Å². The van der Waals surface area contributed by atoms with Gasteiger partial charge in [0.05, 0.1) is 19.7 Å². The highest BCUT2D eigenvalue weighted by atomic mass is 32.2. The Bertz CT molecular complexity index is 1060. The normalized spacial score (nSPS) is 13.6. The fourth-order valence-electron chi connectivity index (χ4n) is 2.70. The molecule has 1 saturated heterocycles. The Morgan fingerprint density at radius 3 is 1.44 bits per heavy atom. The SMILES string of the molecule is O=C(/C=C/c1ccc([N+](=O)[O-])cc1)C(C(=O)/C=C/c1ccc([N+](=O)[O-])cc1)=C1SCCS1. The van der Waals surface area contributed by atoms with Crippen molar-refractivity contribution < 1.29 is 19.4 Å². The first-order valence-corrected chi connectivity index (χ1v) is 11.3. The van der Waals surface area contributed by atoms with E-state index in [0.29, 0.717) is 15.4 Å². The molecule has 0 saturated carbocycles. The molecular weight excluding hydrogens is 452 g/mol. The molecule has 0 bridgehead atoms. The smallest absolute Gasteiger partial charge is 0.269 e. The summed E-state index contributed by atoms with van der Waals surface area (Å²) in [6.45, 7) is 0. The standard InChI is InChI=1S/C22H16N2O6S2/c25-19(11-5-15-1-7-17(8-2-15)23(27)28)21(22-31-13-14-32-22)20(26)12-6-16-3-9-18(10-4-16)24(29)30/h1-12H,13-14H2/b11-5+,12-6+. The summed E-state index contributed by atoms with van der Waals surface area (Å²) in [7, 11) is 0. The van der Waals surface area contributed by atoms with E-state index in [-0.39, 0.29) is 16.9 Å². The van der Waals surface area contributed by atoms with Crippen molar-refractivity contribution in [2.24, 2.45) is 0 Å². The quantitative estimate of drug-likeness (QED) is 0.173. The lowest BCUT2D eigenvalue weighted by atomic mass is 10.1. The molecule has 0 amide bonds. The van der Waals surface area contributed by atoms with Gasteiger partial charge in [0.25, 0.3) is 11.4 Å². The van der Waals surface area contributed by atoms with Gasteiger partial charge in [0.15, 0.2) is 11.6 Å². The van der Waals surface area contributed by atoms with E-state index >= 15 is 0 Å². The molecule has 0 aliphatic carbocycles. The predicted octanol–water partition coefficient (Wildman–Crippen LogP) is 5.06. The molecule has 0 aromatic heterocycles. The van der Waals surface area contributed by atoms with E-state index in [1.165, 1.54) is 96.4 Å². The Morgan fingerprint density at radius 2 is 1.09 bits per heavy atom. The Kier molecular flexibility index (Phi) is 7.74. The molecule has 3 rings (SSSR count). The van der Waals surface area contributed by atoms with Gasteiger partial charge in [-0.1, -0.05) is 12.2 Å². The van der Waals surface area contributed by atoms with Crippen LogP contribution in [0.1, 0.15) is 11.1 Å². The monoisotopic (exact) mass is 468 g/mol. The number of carbonyl (C=O) groups is 2. The van der Waals surface area contributed by atoms with Gasteiger partial charge in [0, 0.05) is 35.8 Å². The zero-order valence-electron chi connectivity index (χ0n) is 16.5.